The van der Waals surface area contributed by atoms with E-state index in [9.17, 15) is 13.2 Å². The van der Waals surface area contributed by atoms with Crippen LogP contribution in [0.4, 0.5) is 5.69 Å². The number of methoxy groups -OCH3 is 1. The summed E-state index contributed by atoms with van der Waals surface area (Å²) in [5.74, 6) is 0.466. The van der Waals surface area contributed by atoms with Crippen molar-refractivity contribution >= 4 is 21.6 Å². The molecule has 1 atom stereocenters. The number of hydrogen-bond donors (Lipinski definition) is 2. The maximum atomic E-state index is 12.4. The lowest BCUT2D eigenvalue weighted by molar-refractivity contribution is 0.0939. The summed E-state index contributed by atoms with van der Waals surface area (Å²) < 4.78 is 30.1. The minimum atomic E-state index is -3.34. The number of anilines is 1. The Balaban J connectivity index is 2.12. The standard InChI is InChI=1S/C18H22N2O4S/c1-12-5-10-17(24-3)16(11-12)13(2)19-18(21)14-6-8-15(9-7-14)20-25(4,22)23/h5-11,13,20H,1-4H3,(H,19,21). The van der Waals surface area contributed by atoms with Gasteiger partial charge in [-0.2, -0.15) is 0 Å². The largest absolute Gasteiger partial charge is 0.496 e. The molecule has 2 aromatic rings. The first-order chi connectivity index (χ1) is 11.7. The summed E-state index contributed by atoms with van der Waals surface area (Å²) in [5.41, 5.74) is 2.82. The van der Waals surface area contributed by atoms with Crippen LogP contribution in [0.3, 0.4) is 0 Å². The Morgan fingerprint density at radius 2 is 1.76 bits per heavy atom. The van der Waals surface area contributed by atoms with Crippen molar-refractivity contribution in [3.05, 3.63) is 59.2 Å². The van der Waals surface area contributed by atoms with Crippen LogP contribution in [0.2, 0.25) is 0 Å². The molecule has 0 aliphatic carbocycles. The van der Waals surface area contributed by atoms with E-state index in [1.807, 2.05) is 32.0 Å². The van der Waals surface area contributed by atoms with Crippen molar-refractivity contribution in [1.29, 1.82) is 0 Å². The molecule has 7 heteroatoms. The van der Waals surface area contributed by atoms with Crippen LogP contribution in [0.25, 0.3) is 0 Å². The number of ether oxygens (including phenoxy) is 1. The zero-order valence-electron chi connectivity index (χ0n) is 14.7. The van der Waals surface area contributed by atoms with Gasteiger partial charge < -0.3 is 10.1 Å². The van der Waals surface area contributed by atoms with E-state index in [4.69, 9.17) is 4.74 Å². The molecule has 0 aliphatic heterocycles. The van der Waals surface area contributed by atoms with Crippen LogP contribution in [0, 0.1) is 6.92 Å². The Kier molecular flexibility index (Phi) is 5.69. The van der Waals surface area contributed by atoms with Gasteiger partial charge >= 0.3 is 0 Å². The average Bonchev–Trinajstić information content (AvgIpc) is 2.53. The van der Waals surface area contributed by atoms with E-state index in [1.54, 1.807) is 31.4 Å². The quantitative estimate of drug-likeness (QED) is 0.827. The van der Waals surface area contributed by atoms with Crippen LogP contribution in [0.5, 0.6) is 5.75 Å². The van der Waals surface area contributed by atoms with E-state index in [1.165, 1.54) is 0 Å². The number of rotatable bonds is 6. The lowest BCUT2D eigenvalue weighted by Crippen LogP contribution is -2.27. The highest BCUT2D eigenvalue weighted by Crippen LogP contribution is 2.26. The lowest BCUT2D eigenvalue weighted by atomic mass is 10.0. The Morgan fingerprint density at radius 3 is 2.32 bits per heavy atom. The second-order valence-electron chi connectivity index (χ2n) is 5.89. The fourth-order valence-corrected chi connectivity index (χ4v) is 3.02. The Bertz CT molecular complexity index is 861. The van der Waals surface area contributed by atoms with Gasteiger partial charge in [0.25, 0.3) is 5.91 Å². The molecule has 0 radical (unpaired) electrons. The normalized spacial score (nSPS) is 12.3. The van der Waals surface area contributed by atoms with Crippen molar-refractivity contribution in [2.75, 3.05) is 18.1 Å². The molecular weight excluding hydrogens is 340 g/mol. The van der Waals surface area contributed by atoms with Crippen molar-refractivity contribution < 1.29 is 17.9 Å². The zero-order chi connectivity index (χ0) is 18.6. The van der Waals surface area contributed by atoms with Crippen LogP contribution in [-0.4, -0.2) is 27.7 Å². The number of carbonyl (C=O) groups is 1. The minimum absolute atomic E-state index is 0.240. The van der Waals surface area contributed by atoms with E-state index in [0.29, 0.717) is 17.0 Å². The summed E-state index contributed by atoms with van der Waals surface area (Å²) in [6, 6.07) is 11.8. The van der Waals surface area contributed by atoms with Gasteiger partial charge in [-0.3, -0.25) is 9.52 Å². The van der Waals surface area contributed by atoms with Crippen LogP contribution >= 0.6 is 0 Å². The first kappa shape index (κ1) is 18.8. The summed E-state index contributed by atoms with van der Waals surface area (Å²) in [7, 11) is -1.75. The van der Waals surface area contributed by atoms with Gasteiger partial charge in [0.2, 0.25) is 10.0 Å². The molecule has 2 aromatic carbocycles. The zero-order valence-corrected chi connectivity index (χ0v) is 15.5. The molecule has 0 aromatic heterocycles. The third-order valence-electron chi connectivity index (χ3n) is 3.65. The summed E-state index contributed by atoms with van der Waals surface area (Å²) in [6.07, 6.45) is 1.07. The van der Waals surface area contributed by atoms with Gasteiger partial charge in [0.05, 0.1) is 19.4 Å². The van der Waals surface area contributed by atoms with E-state index >= 15 is 0 Å². The minimum Gasteiger partial charge on any atom is -0.496 e. The molecule has 6 nitrogen and oxygen atoms in total. The van der Waals surface area contributed by atoms with Crippen molar-refractivity contribution in [3.63, 3.8) is 0 Å². The van der Waals surface area contributed by atoms with Crippen LogP contribution < -0.4 is 14.8 Å². The number of benzene rings is 2. The molecule has 0 fully saturated rings. The highest BCUT2D eigenvalue weighted by Gasteiger charge is 2.15. The maximum Gasteiger partial charge on any atom is 0.251 e. The molecule has 134 valence electrons. The van der Waals surface area contributed by atoms with Gasteiger partial charge in [0, 0.05) is 16.8 Å². The molecule has 2 N–H and O–H groups in total. The average molecular weight is 362 g/mol. The van der Waals surface area contributed by atoms with Crippen LogP contribution in [0.1, 0.15) is 34.5 Å². The van der Waals surface area contributed by atoms with Crippen molar-refractivity contribution in [2.24, 2.45) is 0 Å². The molecule has 0 bridgehead atoms. The molecular formula is C18H22N2O4S. The number of sulfonamides is 1. The Labute approximate surface area is 148 Å². The summed E-state index contributed by atoms with van der Waals surface area (Å²) in [6.45, 7) is 3.86. The predicted octanol–water partition coefficient (Wildman–Crippen LogP) is 2.87. The van der Waals surface area contributed by atoms with E-state index in [2.05, 4.69) is 10.0 Å². The summed E-state index contributed by atoms with van der Waals surface area (Å²) in [5, 5.41) is 2.92. The molecule has 0 aliphatic rings. The first-order valence-corrected chi connectivity index (χ1v) is 9.62. The summed E-state index contributed by atoms with van der Waals surface area (Å²) >= 11 is 0. The van der Waals surface area contributed by atoms with E-state index in [-0.39, 0.29) is 11.9 Å². The van der Waals surface area contributed by atoms with Gasteiger partial charge in [0.15, 0.2) is 0 Å². The van der Waals surface area contributed by atoms with Crippen molar-refractivity contribution in [3.8, 4) is 5.75 Å². The monoisotopic (exact) mass is 362 g/mol. The van der Waals surface area contributed by atoms with E-state index < -0.39 is 10.0 Å². The molecule has 0 saturated carbocycles. The highest BCUT2D eigenvalue weighted by molar-refractivity contribution is 7.92. The SMILES string of the molecule is COc1ccc(C)cc1C(C)NC(=O)c1ccc(NS(C)(=O)=O)cc1. The second kappa shape index (κ2) is 7.57. The lowest BCUT2D eigenvalue weighted by Gasteiger charge is -2.18. The number of amides is 1. The molecule has 0 heterocycles. The second-order valence-corrected chi connectivity index (χ2v) is 7.64. The van der Waals surface area contributed by atoms with Crippen LogP contribution in [-0.2, 0) is 10.0 Å². The number of carbonyl (C=O) groups excluding carboxylic acids is 1. The first-order valence-electron chi connectivity index (χ1n) is 7.73. The molecule has 25 heavy (non-hydrogen) atoms. The highest BCUT2D eigenvalue weighted by atomic mass is 32.2. The maximum absolute atomic E-state index is 12.4. The molecule has 2 rings (SSSR count). The Morgan fingerprint density at radius 1 is 1.12 bits per heavy atom. The van der Waals surface area contributed by atoms with Crippen molar-refractivity contribution in [1.82, 2.24) is 5.32 Å². The van der Waals surface area contributed by atoms with Gasteiger partial charge in [-0.15, -0.1) is 0 Å². The van der Waals surface area contributed by atoms with Crippen molar-refractivity contribution in [2.45, 2.75) is 19.9 Å². The van der Waals surface area contributed by atoms with Gasteiger partial charge in [-0.1, -0.05) is 17.7 Å². The van der Waals surface area contributed by atoms with Gasteiger partial charge in [-0.25, -0.2) is 8.42 Å². The smallest absolute Gasteiger partial charge is 0.251 e. The fourth-order valence-electron chi connectivity index (χ4n) is 2.45. The number of hydrogen-bond acceptors (Lipinski definition) is 4. The molecule has 0 saturated heterocycles. The van der Waals surface area contributed by atoms with Gasteiger partial charge in [0.1, 0.15) is 5.75 Å². The fraction of sp³-hybridized carbons (Fsp3) is 0.278. The third-order valence-corrected chi connectivity index (χ3v) is 4.26. The summed E-state index contributed by atoms with van der Waals surface area (Å²) in [4.78, 5) is 12.4. The topological polar surface area (TPSA) is 84.5 Å². The molecule has 1 unspecified atom stereocenters. The van der Waals surface area contributed by atoms with Gasteiger partial charge in [-0.05, 0) is 44.2 Å². The Hall–Kier alpha value is -2.54. The third kappa shape index (κ3) is 5.22. The molecule has 0 spiro atoms. The number of nitrogens with one attached hydrogen (secondary N) is 2. The van der Waals surface area contributed by atoms with E-state index in [0.717, 1.165) is 17.4 Å². The predicted molar refractivity (Wildman–Crippen MR) is 98.5 cm³/mol. The number of aryl methyl sites for hydroxylation is 1. The van der Waals surface area contributed by atoms with Crippen LogP contribution in [0.15, 0.2) is 42.5 Å². The molecule has 1 amide bonds.